The smallest absolute Gasteiger partial charge is 0.416 e. The number of hydrogen-bond acceptors (Lipinski definition) is 5. The van der Waals surface area contributed by atoms with E-state index in [-0.39, 0.29) is 5.92 Å². The minimum absolute atomic E-state index is 0.150. The molecule has 1 saturated carbocycles. The van der Waals surface area contributed by atoms with Crippen LogP contribution in [0.4, 0.5) is 24.7 Å². The largest absolute Gasteiger partial charge is 0.497 e. The number of hydrogen-bond donors (Lipinski definition) is 1. The Morgan fingerprint density at radius 1 is 1.12 bits per heavy atom. The zero-order chi connectivity index (χ0) is 23.8. The third-order valence-corrected chi connectivity index (χ3v) is 6.42. The van der Waals surface area contributed by atoms with Gasteiger partial charge in [-0.25, -0.2) is 4.68 Å². The van der Waals surface area contributed by atoms with Crippen LogP contribution in [0.5, 0.6) is 5.75 Å². The molecule has 1 unspecified atom stereocenters. The average Bonchev–Trinajstić information content (AvgIpc) is 3.56. The maximum absolute atomic E-state index is 13.2. The lowest BCUT2D eigenvalue weighted by atomic mass is 10.0. The molecule has 2 heterocycles. The molecular formula is C25H26F3N3O3. The van der Waals surface area contributed by atoms with Crippen LogP contribution >= 0.6 is 0 Å². The van der Waals surface area contributed by atoms with Gasteiger partial charge in [-0.1, -0.05) is 18.2 Å². The minimum atomic E-state index is -4.41. The van der Waals surface area contributed by atoms with Gasteiger partial charge in [0.05, 0.1) is 38.1 Å². The number of aromatic nitrogens is 2. The van der Waals surface area contributed by atoms with Crippen molar-refractivity contribution in [3.63, 3.8) is 0 Å². The van der Waals surface area contributed by atoms with Gasteiger partial charge >= 0.3 is 6.18 Å². The topological polar surface area (TPSA) is 57.5 Å². The summed E-state index contributed by atoms with van der Waals surface area (Å²) in [4.78, 5) is 0. The fourth-order valence-corrected chi connectivity index (χ4v) is 4.67. The van der Waals surface area contributed by atoms with Gasteiger partial charge in [0.25, 0.3) is 0 Å². The molecule has 1 aromatic heterocycles. The van der Waals surface area contributed by atoms with Crippen LogP contribution in [0.25, 0.3) is 0 Å². The van der Waals surface area contributed by atoms with Crippen LogP contribution in [0.15, 0.2) is 54.6 Å². The summed E-state index contributed by atoms with van der Waals surface area (Å²) in [5, 5.41) is 7.99. The minimum Gasteiger partial charge on any atom is -0.497 e. The first-order chi connectivity index (χ1) is 16.3. The number of alkyl halides is 3. The Labute approximate surface area is 195 Å². The SMILES string of the molecule is COc1ccc(Cn2nc(C3CCC4(C3)OCCO4)cc2Nc2cccc(C(F)(F)F)c2)cc1. The summed E-state index contributed by atoms with van der Waals surface area (Å²) in [5.41, 5.74) is 1.52. The predicted molar refractivity (Wildman–Crippen MR) is 120 cm³/mol. The van der Waals surface area contributed by atoms with Crippen molar-refractivity contribution in [1.29, 1.82) is 0 Å². The first-order valence-corrected chi connectivity index (χ1v) is 11.3. The van der Waals surface area contributed by atoms with Gasteiger partial charge in [0, 0.05) is 30.5 Å². The summed E-state index contributed by atoms with van der Waals surface area (Å²) >= 11 is 0. The van der Waals surface area contributed by atoms with Crippen LogP contribution in [0.3, 0.4) is 0 Å². The van der Waals surface area contributed by atoms with E-state index in [1.165, 1.54) is 6.07 Å². The van der Waals surface area contributed by atoms with Crippen molar-refractivity contribution >= 4 is 11.5 Å². The van der Waals surface area contributed by atoms with E-state index in [1.807, 2.05) is 30.3 Å². The number of nitrogens with zero attached hydrogens (tertiary/aromatic N) is 2. The number of halogens is 3. The Balaban J connectivity index is 1.43. The van der Waals surface area contributed by atoms with E-state index in [0.717, 1.165) is 48.4 Å². The van der Waals surface area contributed by atoms with Gasteiger partial charge in [-0.15, -0.1) is 0 Å². The van der Waals surface area contributed by atoms with Crippen molar-refractivity contribution in [1.82, 2.24) is 9.78 Å². The Kier molecular flexibility index (Phi) is 5.99. The van der Waals surface area contributed by atoms with Gasteiger partial charge in [0.2, 0.25) is 0 Å². The summed E-state index contributed by atoms with van der Waals surface area (Å²) < 4.78 is 58.4. The molecule has 1 aliphatic heterocycles. The second-order valence-corrected chi connectivity index (χ2v) is 8.71. The highest BCUT2D eigenvalue weighted by molar-refractivity contribution is 5.58. The van der Waals surface area contributed by atoms with Gasteiger partial charge in [-0.05, 0) is 42.3 Å². The molecule has 5 rings (SSSR count). The maximum atomic E-state index is 13.2. The Morgan fingerprint density at radius 2 is 1.88 bits per heavy atom. The van der Waals surface area contributed by atoms with Crippen molar-refractivity contribution in [3.8, 4) is 5.75 Å². The average molecular weight is 473 g/mol. The molecule has 9 heteroatoms. The fourth-order valence-electron chi connectivity index (χ4n) is 4.67. The molecule has 1 N–H and O–H groups in total. The van der Waals surface area contributed by atoms with E-state index in [1.54, 1.807) is 17.9 Å². The van der Waals surface area contributed by atoms with E-state index in [0.29, 0.717) is 31.3 Å². The molecule has 180 valence electrons. The Hall–Kier alpha value is -3.04. The molecule has 3 aromatic rings. The summed E-state index contributed by atoms with van der Waals surface area (Å²) in [6.45, 7) is 1.65. The van der Waals surface area contributed by atoms with Crippen LogP contribution in [-0.4, -0.2) is 35.9 Å². The van der Waals surface area contributed by atoms with Crippen molar-refractivity contribution in [2.75, 3.05) is 25.6 Å². The predicted octanol–water partition coefficient (Wildman–Crippen LogP) is 5.71. The Morgan fingerprint density at radius 3 is 2.59 bits per heavy atom. The second-order valence-electron chi connectivity index (χ2n) is 8.71. The first-order valence-electron chi connectivity index (χ1n) is 11.3. The van der Waals surface area contributed by atoms with E-state index in [9.17, 15) is 13.2 Å². The molecule has 1 aliphatic carbocycles. The van der Waals surface area contributed by atoms with Crippen molar-refractivity contribution in [2.45, 2.75) is 43.7 Å². The first kappa shape index (κ1) is 22.7. The van der Waals surface area contributed by atoms with Crippen molar-refractivity contribution in [3.05, 3.63) is 71.4 Å². The number of rotatable bonds is 6. The van der Waals surface area contributed by atoms with Crippen molar-refractivity contribution < 1.29 is 27.4 Å². The van der Waals surface area contributed by atoms with Gasteiger partial charge in [-0.2, -0.15) is 18.3 Å². The fraction of sp³-hybridized carbons (Fsp3) is 0.400. The van der Waals surface area contributed by atoms with E-state index < -0.39 is 17.5 Å². The van der Waals surface area contributed by atoms with E-state index in [2.05, 4.69) is 5.32 Å². The third kappa shape index (κ3) is 4.76. The van der Waals surface area contributed by atoms with Crippen LogP contribution in [0, 0.1) is 0 Å². The summed E-state index contributed by atoms with van der Waals surface area (Å²) in [7, 11) is 1.61. The van der Waals surface area contributed by atoms with Crippen molar-refractivity contribution in [2.24, 2.45) is 0 Å². The summed E-state index contributed by atoms with van der Waals surface area (Å²) in [6, 6.07) is 14.7. The molecule has 0 amide bonds. The standard InChI is InChI=1S/C25H26F3N3O3/c1-32-21-7-5-17(6-8-21)16-31-23(29-20-4-2-3-19(13-20)25(26,27)28)14-22(30-31)18-9-10-24(15-18)33-11-12-34-24/h2-8,13-14,18,29H,9-12,15-16H2,1H3. The highest BCUT2D eigenvalue weighted by Gasteiger charge is 2.45. The van der Waals surface area contributed by atoms with Gasteiger partial charge in [0.1, 0.15) is 11.6 Å². The van der Waals surface area contributed by atoms with E-state index >= 15 is 0 Å². The molecule has 2 aliphatic rings. The summed E-state index contributed by atoms with van der Waals surface area (Å²) in [5.74, 6) is 0.996. The summed E-state index contributed by atoms with van der Waals surface area (Å²) in [6.07, 6.45) is -2.01. The lowest BCUT2D eigenvalue weighted by Crippen LogP contribution is -2.25. The van der Waals surface area contributed by atoms with Crippen LogP contribution in [0.1, 0.15) is 42.0 Å². The Bertz CT molecular complexity index is 1140. The number of ether oxygens (including phenoxy) is 3. The number of benzene rings is 2. The zero-order valence-corrected chi connectivity index (χ0v) is 18.8. The monoisotopic (exact) mass is 473 g/mol. The van der Waals surface area contributed by atoms with Crippen LogP contribution < -0.4 is 10.1 Å². The highest BCUT2D eigenvalue weighted by Crippen LogP contribution is 2.45. The second kappa shape index (κ2) is 8.96. The van der Waals surface area contributed by atoms with Crippen LogP contribution in [0.2, 0.25) is 0 Å². The quantitative estimate of drug-likeness (QED) is 0.497. The molecule has 0 radical (unpaired) electrons. The third-order valence-electron chi connectivity index (χ3n) is 6.42. The zero-order valence-electron chi connectivity index (χ0n) is 18.8. The maximum Gasteiger partial charge on any atom is 0.416 e. The lowest BCUT2D eigenvalue weighted by molar-refractivity contribution is -0.151. The van der Waals surface area contributed by atoms with Crippen LogP contribution in [-0.2, 0) is 22.2 Å². The molecule has 1 spiro atoms. The molecule has 34 heavy (non-hydrogen) atoms. The number of nitrogens with one attached hydrogen (secondary N) is 1. The number of anilines is 2. The molecule has 2 fully saturated rings. The molecule has 1 atom stereocenters. The molecule has 6 nitrogen and oxygen atoms in total. The molecule has 2 aromatic carbocycles. The number of methoxy groups -OCH3 is 1. The normalized spacial score (nSPS) is 19.6. The van der Waals surface area contributed by atoms with Gasteiger partial charge < -0.3 is 19.5 Å². The van der Waals surface area contributed by atoms with E-state index in [4.69, 9.17) is 19.3 Å². The lowest BCUT2D eigenvalue weighted by Gasteiger charge is -2.21. The molecular weight excluding hydrogens is 447 g/mol. The molecule has 0 bridgehead atoms. The van der Waals surface area contributed by atoms with Gasteiger partial charge in [0.15, 0.2) is 5.79 Å². The highest BCUT2D eigenvalue weighted by atomic mass is 19.4. The van der Waals surface area contributed by atoms with Gasteiger partial charge in [-0.3, -0.25) is 0 Å². The molecule has 1 saturated heterocycles.